The molecule has 0 radical (unpaired) electrons. The summed E-state index contributed by atoms with van der Waals surface area (Å²) in [6, 6.07) is 11.6. The van der Waals surface area contributed by atoms with Crippen molar-refractivity contribution < 1.29 is 4.74 Å². The van der Waals surface area contributed by atoms with Gasteiger partial charge in [0.2, 0.25) is 0 Å². The Labute approximate surface area is 165 Å². The molecular weight excluding hydrogens is 350 g/mol. The molecule has 0 aliphatic rings. The van der Waals surface area contributed by atoms with Crippen LogP contribution in [0.1, 0.15) is 37.2 Å². The average Bonchev–Trinajstić information content (AvgIpc) is 2.75. The summed E-state index contributed by atoms with van der Waals surface area (Å²) < 4.78 is 5.37. The quantitative estimate of drug-likeness (QED) is 0.517. The Morgan fingerprint density at radius 1 is 1.04 bits per heavy atom. The van der Waals surface area contributed by atoms with Crippen LogP contribution in [0.2, 0.25) is 0 Å². The summed E-state index contributed by atoms with van der Waals surface area (Å²) >= 11 is 0. The summed E-state index contributed by atoms with van der Waals surface area (Å²) in [6.07, 6.45) is 10.0. The molecule has 6 nitrogen and oxygen atoms in total. The number of nitrogens with one attached hydrogen (secondary N) is 1. The zero-order chi connectivity index (χ0) is 19.6. The van der Waals surface area contributed by atoms with Gasteiger partial charge in [-0.1, -0.05) is 18.9 Å². The second-order valence-electron chi connectivity index (χ2n) is 6.53. The third-order valence-electron chi connectivity index (χ3n) is 4.43. The van der Waals surface area contributed by atoms with Gasteiger partial charge in [-0.25, -0.2) is 9.97 Å². The Morgan fingerprint density at radius 2 is 1.93 bits per heavy atom. The molecule has 0 unspecified atom stereocenters. The van der Waals surface area contributed by atoms with Crippen LogP contribution in [-0.4, -0.2) is 35.2 Å². The first-order chi connectivity index (χ1) is 13.8. The predicted octanol–water partition coefficient (Wildman–Crippen LogP) is 4.13. The average molecular weight is 377 g/mol. The van der Waals surface area contributed by atoms with E-state index in [9.17, 15) is 0 Å². The highest BCUT2D eigenvalue weighted by Gasteiger charge is 2.08. The molecule has 3 N–H and O–H groups in total. The highest BCUT2D eigenvalue weighted by Crippen LogP contribution is 2.25. The van der Waals surface area contributed by atoms with Gasteiger partial charge in [-0.05, 0) is 61.9 Å². The van der Waals surface area contributed by atoms with Crippen LogP contribution in [-0.2, 0) is 0 Å². The van der Waals surface area contributed by atoms with Gasteiger partial charge >= 0.3 is 0 Å². The number of pyridine rings is 1. The summed E-state index contributed by atoms with van der Waals surface area (Å²) in [5.41, 5.74) is 7.30. The lowest BCUT2D eigenvalue weighted by atomic mass is 10.2. The summed E-state index contributed by atoms with van der Waals surface area (Å²) in [5.74, 6) is 2.26. The van der Waals surface area contributed by atoms with E-state index in [4.69, 9.17) is 15.5 Å². The summed E-state index contributed by atoms with van der Waals surface area (Å²) in [4.78, 5) is 13.7. The molecule has 0 saturated heterocycles. The van der Waals surface area contributed by atoms with Crippen molar-refractivity contribution in [2.24, 2.45) is 5.73 Å². The van der Waals surface area contributed by atoms with Crippen molar-refractivity contribution in [1.29, 1.82) is 0 Å². The number of rotatable bonds is 10. The molecule has 3 aromatic rings. The number of aromatic nitrogens is 3. The molecule has 0 aliphatic carbocycles. The Hall–Kier alpha value is -2.99. The molecule has 3 rings (SSSR count). The van der Waals surface area contributed by atoms with Gasteiger partial charge in [-0.3, -0.25) is 4.98 Å². The minimum atomic E-state index is 0.647. The van der Waals surface area contributed by atoms with Crippen molar-refractivity contribution in [1.82, 2.24) is 15.0 Å². The van der Waals surface area contributed by atoms with E-state index >= 15 is 0 Å². The molecule has 0 amide bonds. The molecule has 0 fully saturated rings. The molecule has 6 heteroatoms. The number of hydrogen-bond acceptors (Lipinski definition) is 6. The molecule has 28 heavy (non-hydrogen) atoms. The molecule has 146 valence electrons. The van der Waals surface area contributed by atoms with Crippen molar-refractivity contribution in [2.75, 3.05) is 25.5 Å². The lowest BCUT2D eigenvalue weighted by molar-refractivity contribution is 0.415. The zero-order valence-electron chi connectivity index (χ0n) is 16.3. The Balaban J connectivity index is 1.81. The van der Waals surface area contributed by atoms with Crippen LogP contribution >= 0.6 is 0 Å². The van der Waals surface area contributed by atoms with Crippen molar-refractivity contribution >= 4 is 28.9 Å². The van der Waals surface area contributed by atoms with Gasteiger partial charge in [0, 0.05) is 18.1 Å². The number of anilines is 1. The van der Waals surface area contributed by atoms with Crippen molar-refractivity contribution in [3.63, 3.8) is 0 Å². The monoisotopic (exact) mass is 377 g/mol. The van der Waals surface area contributed by atoms with Gasteiger partial charge in [0.25, 0.3) is 0 Å². The number of ether oxygens (including phenoxy) is 1. The van der Waals surface area contributed by atoms with E-state index in [2.05, 4.69) is 15.3 Å². The molecule has 0 spiro atoms. The minimum absolute atomic E-state index is 0.647. The zero-order valence-corrected chi connectivity index (χ0v) is 16.3. The van der Waals surface area contributed by atoms with Gasteiger partial charge in [0.05, 0.1) is 18.3 Å². The van der Waals surface area contributed by atoms with E-state index in [-0.39, 0.29) is 0 Å². The fourth-order valence-electron chi connectivity index (χ4n) is 2.93. The van der Waals surface area contributed by atoms with Crippen LogP contribution < -0.4 is 15.8 Å². The fraction of sp³-hybridized carbons (Fsp3) is 0.318. The second kappa shape index (κ2) is 10.4. The highest BCUT2D eigenvalue weighted by atomic mass is 16.5. The first kappa shape index (κ1) is 19.8. The first-order valence-electron chi connectivity index (χ1n) is 9.69. The third kappa shape index (κ3) is 5.50. The van der Waals surface area contributed by atoms with Gasteiger partial charge in [-0.15, -0.1) is 0 Å². The van der Waals surface area contributed by atoms with Crippen LogP contribution in [0, 0.1) is 0 Å². The maximum Gasteiger partial charge on any atom is 0.155 e. The smallest absolute Gasteiger partial charge is 0.155 e. The fourth-order valence-corrected chi connectivity index (χ4v) is 2.93. The summed E-state index contributed by atoms with van der Waals surface area (Å²) in [7, 11) is 1.66. The predicted molar refractivity (Wildman–Crippen MR) is 115 cm³/mol. The molecular formula is C22H27N5O. The third-order valence-corrected chi connectivity index (χ3v) is 4.43. The molecule has 0 aliphatic heterocycles. The van der Waals surface area contributed by atoms with E-state index in [1.54, 1.807) is 13.3 Å². The minimum Gasteiger partial charge on any atom is -0.497 e. The molecule has 2 heterocycles. The van der Waals surface area contributed by atoms with Gasteiger partial charge < -0.3 is 15.8 Å². The lowest BCUT2D eigenvalue weighted by Gasteiger charge is -2.11. The summed E-state index contributed by atoms with van der Waals surface area (Å²) in [6.45, 7) is 1.62. The van der Waals surface area contributed by atoms with Crippen LogP contribution in [0.3, 0.4) is 0 Å². The van der Waals surface area contributed by atoms with Gasteiger partial charge in [0.15, 0.2) is 5.82 Å². The molecule has 0 atom stereocenters. The number of nitrogens with two attached hydrogens (primary N) is 1. The number of methoxy groups -OCH3 is 1. The number of nitrogens with zero attached hydrogens (tertiary/aromatic N) is 3. The maximum atomic E-state index is 5.56. The number of unbranched alkanes of at least 4 members (excludes halogenated alkanes) is 3. The Morgan fingerprint density at radius 3 is 2.71 bits per heavy atom. The molecule has 2 aromatic heterocycles. The Kier molecular flexibility index (Phi) is 7.32. The SMILES string of the molecule is COc1ccc2nc(C=Cc3ccccn3)nc(NCCCCCCN)c2c1. The Bertz CT molecular complexity index is 911. The van der Waals surface area contributed by atoms with E-state index in [0.29, 0.717) is 5.82 Å². The van der Waals surface area contributed by atoms with Crippen molar-refractivity contribution in [3.05, 3.63) is 54.1 Å². The van der Waals surface area contributed by atoms with Gasteiger partial charge in [0.1, 0.15) is 11.6 Å². The van der Waals surface area contributed by atoms with Crippen molar-refractivity contribution in [2.45, 2.75) is 25.7 Å². The highest BCUT2D eigenvalue weighted by molar-refractivity contribution is 5.91. The second-order valence-corrected chi connectivity index (χ2v) is 6.53. The molecule has 0 bridgehead atoms. The summed E-state index contributed by atoms with van der Waals surface area (Å²) in [5, 5.41) is 4.42. The van der Waals surface area contributed by atoms with Crippen LogP contribution in [0.25, 0.3) is 23.1 Å². The molecule has 1 aromatic carbocycles. The standard InChI is InChI=1S/C22H27N5O/c1-28-18-10-11-20-19(16-18)22(25-15-6-3-2-5-13-23)27-21(26-20)12-9-17-8-4-7-14-24-17/h4,7-12,14,16H,2-3,5-6,13,15,23H2,1H3,(H,25,26,27). The van der Waals surface area contributed by atoms with E-state index in [0.717, 1.165) is 66.9 Å². The first-order valence-corrected chi connectivity index (χ1v) is 9.69. The topological polar surface area (TPSA) is 86.0 Å². The van der Waals surface area contributed by atoms with Crippen molar-refractivity contribution in [3.8, 4) is 5.75 Å². The normalized spacial score (nSPS) is 11.2. The van der Waals surface area contributed by atoms with E-state index in [1.165, 1.54) is 0 Å². The number of benzene rings is 1. The number of fused-ring (bicyclic) bond motifs is 1. The number of hydrogen-bond donors (Lipinski definition) is 2. The van der Waals surface area contributed by atoms with Gasteiger partial charge in [-0.2, -0.15) is 0 Å². The lowest BCUT2D eigenvalue weighted by Crippen LogP contribution is -2.06. The van der Waals surface area contributed by atoms with Crippen LogP contribution in [0.5, 0.6) is 5.75 Å². The maximum absolute atomic E-state index is 5.56. The van der Waals surface area contributed by atoms with Crippen LogP contribution in [0.4, 0.5) is 5.82 Å². The van der Waals surface area contributed by atoms with Crippen LogP contribution in [0.15, 0.2) is 42.6 Å². The molecule has 0 saturated carbocycles. The van der Waals surface area contributed by atoms with E-state index in [1.807, 2.05) is 48.6 Å². The largest absolute Gasteiger partial charge is 0.497 e. The van der Waals surface area contributed by atoms with E-state index < -0.39 is 0 Å².